The molecule has 0 spiro atoms. The monoisotopic (exact) mass is 340 g/mol. The molecule has 24 heavy (non-hydrogen) atoms. The number of aryl methyl sites for hydroxylation is 1. The summed E-state index contributed by atoms with van der Waals surface area (Å²) in [4.78, 5) is 11.8. The Morgan fingerprint density at radius 2 is 2.00 bits per heavy atom. The number of nitrogens with zero attached hydrogens (tertiary/aromatic N) is 4. The fourth-order valence-corrected chi connectivity index (χ4v) is 4.55. The summed E-state index contributed by atoms with van der Waals surface area (Å²) in [6.07, 6.45) is 6.42. The van der Waals surface area contributed by atoms with Gasteiger partial charge in [0.25, 0.3) is 0 Å². The van der Waals surface area contributed by atoms with Crippen LogP contribution in [0.4, 0.5) is 0 Å². The first kappa shape index (κ1) is 15.8. The number of likely N-dealkylation sites (tertiary alicyclic amines) is 1. The maximum Gasteiger partial charge on any atom is 0.116 e. The normalized spacial score (nSPS) is 17.2. The minimum Gasteiger partial charge on any atom is -0.303 e. The number of thiazole rings is 1. The molecule has 3 heterocycles. The maximum atomic E-state index is 4.70. The van der Waals surface area contributed by atoms with Crippen molar-refractivity contribution in [3.63, 3.8) is 0 Å². The van der Waals surface area contributed by atoms with Gasteiger partial charge in [-0.1, -0.05) is 0 Å². The second kappa shape index (κ2) is 6.30. The van der Waals surface area contributed by atoms with E-state index in [4.69, 9.17) is 4.98 Å². The van der Waals surface area contributed by atoms with Crippen molar-refractivity contribution in [2.75, 3.05) is 13.1 Å². The second-order valence-electron chi connectivity index (χ2n) is 6.94. The lowest BCUT2D eigenvalue weighted by Gasteiger charge is -2.34. The lowest BCUT2D eigenvalue weighted by atomic mass is 9.95. The van der Waals surface area contributed by atoms with Crippen molar-refractivity contribution in [2.45, 2.75) is 45.6 Å². The molecule has 126 valence electrons. The Labute approximate surface area is 147 Å². The molecule has 3 aromatic rings. The van der Waals surface area contributed by atoms with Gasteiger partial charge in [-0.05, 0) is 64.9 Å². The van der Waals surface area contributed by atoms with Crippen LogP contribution < -0.4 is 0 Å². The van der Waals surface area contributed by atoms with E-state index in [1.165, 1.54) is 42.1 Å². The second-order valence-corrected chi connectivity index (χ2v) is 8.18. The fourth-order valence-electron chi connectivity index (χ4n) is 3.69. The number of imidazole rings is 1. The Kier molecular flexibility index (Phi) is 4.14. The number of benzene rings is 1. The van der Waals surface area contributed by atoms with Crippen molar-refractivity contribution < 1.29 is 0 Å². The summed E-state index contributed by atoms with van der Waals surface area (Å²) in [6.45, 7) is 8.97. The van der Waals surface area contributed by atoms with Crippen molar-refractivity contribution in [2.24, 2.45) is 0 Å². The number of fused-ring (bicyclic) bond motifs is 1. The molecule has 1 fully saturated rings. The fraction of sp³-hybridized carbons (Fsp3) is 0.474. The summed E-state index contributed by atoms with van der Waals surface area (Å²) in [5, 5.41) is 1.12. The van der Waals surface area contributed by atoms with Crippen LogP contribution in [0.2, 0.25) is 0 Å². The van der Waals surface area contributed by atoms with Crippen molar-refractivity contribution in [1.82, 2.24) is 19.4 Å². The molecule has 0 aliphatic carbocycles. The molecule has 0 N–H and O–H groups in total. The first-order chi connectivity index (χ1) is 11.6. The number of aromatic nitrogens is 3. The molecule has 1 aromatic carbocycles. The zero-order valence-corrected chi connectivity index (χ0v) is 15.4. The number of piperidine rings is 1. The van der Waals surface area contributed by atoms with Crippen LogP contribution in [0.25, 0.3) is 15.9 Å². The van der Waals surface area contributed by atoms with E-state index < -0.39 is 0 Å². The average Bonchev–Trinajstić information content (AvgIpc) is 3.19. The highest BCUT2D eigenvalue weighted by atomic mass is 32.1. The van der Waals surface area contributed by atoms with Crippen LogP contribution in [0.3, 0.4) is 0 Å². The molecule has 0 atom stereocenters. The zero-order chi connectivity index (χ0) is 16.7. The van der Waals surface area contributed by atoms with Gasteiger partial charge in [-0.3, -0.25) is 0 Å². The van der Waals surface area contributed by atoms with Gasteiger partial charge in [-0.2, -0.15) is 0 Å². The van der Waals surface area contributed by atoms with E-state index in [-0.39, 0.29) is 0 Å². The summed E-state index contributed by atoms with van der Waals surface area (Å²) >= 11 is 1.76. The van der Waals surface area contributed by atoms with Crippen molar-refractivity contribution in [3.8, 4) is 5.69 Å². The van der Waals surface area contributed by atoms with Crippen LogP contribution in [0, 0.1) is 6.92 Å². The lowest BCUT2D eigenvalue weighted by molar-refractivity contribution is 0.169. The van der Waals surface area contributed by atoms with Gasteiger partial charge in [-0.25, -0.2) is 9.97 Å². The third-order valence-corrected chi connectivity index (χ3v) is 5.99. The molecule has 0 bridgehead atoms. The minimum atomic E-state index is 0.550. The third kappa shape index (κ3) is 2.87. The molecule has 0 unspecified atom stereocenters. The molecule has 5 heteroatoms. The molecule has 1 aliphatic heterocycles. The van der Waals surface area contributed by atoms with Crippen LogP contribution in [0.1, 0.15) is 43.4 Å². The van der Waals surface area contributed by atoms with Gasteiger partial charge in [0.1, 0.15) is 5.82 Å². The first-order valence-corrected chi connectivity index (χ1v) is 9.58. The average molecular weight is 340 g/mol. The first-order valence-electron chi connectivity index (χ1n) is 8.76. The van der Waals surface area contributed by atoms with E-state index >= 15 is 0 Å². The minimum absolute atomic E-state index is 0.550. The largest absolute Gasteiger partial charge is 0.303 e. The molecular weight excluding hydrogens is 316 g/mol. The predicted octanol–water partition coefficient (Wildman–Crippen LogP) is 4.38. The molecular formula is C19H24N4S. The SMILES string of the molecule is Cc1nc2ccc(-n3ccnc3C3CCN(C(C)C)CC3)cc2s1. The standard InChI is InChI=1S/C19H24N4S/c1-13(2)22-9-6-15(7-10-22)19-20-8-11-23(19)16-4-5-17-18(12-16)24-14(3)21-17/h4-5,8,11-13,15H,6-7,9-10H2,1-3H3. The van der Waals surface area contributed by atoms with Crippen LogP contribution in [0.15, 0.2) is 30.6 Å². The Morgan fingerprint density at radius 1 is 1.21 bits per heavy atom. The summed E-state index contributed by atoms with van der Waals surface area (Å²) in [5.74, 6) is 1.76. The van der Waals surface area contributed by atoms with Gasteiger partial charge in [0.05, 0.1) is 15.2 Å². The number of rotatable bonds is 3. The third-order valence-electron chi connectivity index (χ3n) is 5.05. The highest BCUT2D eigenvalue weighted by Gasteiger charge is 2.25. The lowest BCUT2D eigenvalue weighted by Crippen LogP contribution is -2.38. The highest BCUT2D eigenvalue weighted by molar-refractivity contribution is 7.18. The molecule has 4 rings (SSSR count). The molecule has 0 saturated carbocycles. The van der Waals surface area contributed by atoms with Crippen molar-refractivity contribution in [1.29, 1.82) is 0 Å². The Hall–Kier alpha value is -1.72. The highest BCUT2D eigenvalue weighted by Crippen LogP contribution is 2.31. The van der Waals surface area contributed by atoms with Crippen LogP contribution in [0.5, 0.6) is 0 Å². The molecule has 1 aliphatic rings. The molecule has 1 saturated heterocycles. The molecule has 2 aromatic heterocycles. The van der Waals surface area contributed by atoms with Gasteiger partial charge in [-0.15, -0.1) is 11.3 Å². The smallest absolute Gasteiger partial charge is 0.116 e. The molecule has 0 amide bonds. The predicted molar refractivity (Wildman–Crippen MR) is 100 cm³/mol. The number of hydrogen-bond acceptors (Lipinski definition) is 4. The van der Waals surface area contributed by atoms with Crippen LogP contribution in [-0.4, -0.2) is 38.6 Å². The van der Waals surface area contributed by atoms with Gasteiger partial charge < -0.3 is 9.47 Å². The summed E-state index contributed by atoms with van der Waals surface area (Å²) in [5.41, 5.74) is 2.29. The maximum absolute atomic E-state index is 4.70. The van der Waals surface area contributed by atoms with Crippen LogP contribution >= 0.6 is 11.3 Å². The molecule has 0 radical (unpaired) electrons. The topological polar surface area (TPSA) is 34.0 Å². The Balaban J connectivity index is 1.62. The summed E-state index contributed by atoms with van der Waals surface area (Å²) in [6, 6.07) is 7.17. The van der Waals surface area contributed by atoms with Gasteiger partial charge >= 0.3 is 0 Å². The van der Waals surface area contributed by atoms with E-state index in [9.17, 15) is 0 Å². The zero-order valence-electron chi connectivity index (χ0n) is 14.6. The molecule has 4 nitrogen and oxygen atoms in total. The van der Waals surface area contributed by atoms with E-state index in [1.807, 2.05) is 6.20 Å². The van der Waals surface area contributed by atoms with E-state index in [1.54, 1.807) is 11.3 Å². The summed E-state index contributed by atoms with van der Waals surface area (Å²) in [7, 11) is 0. The summed E-state index contributed by atoms with van der Waals surface area (Å²) < 4.78 is 3.52. The van der Waals surface area contributed by atoms with Crippen molar-refractivity contribution in [3.05, 3.63) is 41.4 Å². The van der Waals surface area contributed by atoms with Crippen LogP contribution in [-0.2, 0) is 0 Å². The Bertz CT molecular complexity index is 840. The quantitative estimate of drug-likeness (QED) is 0.709. The van der Waals surface area contributed by atoms with E-state index in [0.717, 1.165) is 10.5 Å². The van der Waals surface area contributed by atoms with E-state index in [2.05, 4.69) is 59.6 Å². The Morgan fingerprint density at radius 3 is 2.75 bits per heavy atom. The van der Waals surface area contributed by atoms with Gasteiger partial charge in [0.2, 0.25) is 0 Å². The van der Waals surface area contributed by atoms with Gasteiger partial charge in [0.15, 0.2) is 0 Å². The van der Waals surface area contributed by atoms with Gasteiger partial charge in [0, 0.05) is 30.0 Å². The number of hydrogen-bond donors (Lipinski definition) is 0. The van der Waals surface area contributed by atoms with Crippen molar-refractivity contribution >= 4 is 21.6 Å². The van der Waals surface area contributed by atoms with E-state index in [0.29, 0.717) is 12.0 Å².